The number of nitrogens with zero attached hydrogens (tertiary/aromatic N) is 2. The van der Waals surface area contributed by atoms with E-state index in [0.717, 1.165) is 0 Å². The van der Waals surface area contributed by atoms with Crippen molar-refractivity contribution in [2.45, 2.75) is 6.92 Å². The molecule has 1 aromatic carbocycles. The second-order valence-corrected chi connectivity index (χ2v) is 3.11. The zero-order chi connectivity index (χ0) is 12.7. The molecule has 1 rings (SSSR count). The third-order valence-electron chi connectivity index (χ3n) is 1.99. The van der Waals surface area contributed by atoms with Gasteiger partial charge in [0.15, 0.2) is 0 Å². The van der Waals surface area contributed by atoms with Crippen LogP contribution in [0.25, 0.3) is 6.08 Å². The van der Waals surface area contributed by atoms with E-state index in [2.05, 4.69) is 0 Å². The Bertz CT molecular complexity index is 533. The number of hydrogen-bond donors (Lipinski definition) is 0. The molecule has 0 aromatic heterocycles. The van der Waals surface area contributed by atoms with Crippen molar-refractivity contribution in [1.29, 1.82) is 10.5 Å². The third-order valence-corrected chi connectivity index (χ3v) is 1.99. The van der Waals surface area contributed by atoms with Gasteiger partial charge in [-0.2, -0.15) is 10.5 Å². The number of hydrogen-bond acceptors (Lipinski definition) is 4. The predicted molar refractivity (Wildman–Crippen MR) is 61.5 cm³/mol. The second kappa shape index (κ2) is 6.09. The molecule has 0 fully saturated rings. The fourth-order valence-electron chi connectivity index (χ4n) is 1.22. The van der Waals surface area contributed by atoms with Crippen molar-refractivity contribution in [3.8, 4) is 12.1 Å². The molecule has 0 aliphatic heterocycles. The molecule has 0 atom stereocenters. The highest BCUT2D eigenvalue weighted by molar-refractivity contribution is 5.87. The molecule has 0 heterocycles. The minimum atomic E-state index is -0.458. The smallest absolute Gasteiger partial charge is 0.330 e. The van der Waals surface area contributed by atoms with Crippen molar-refractivity contribution in [1.82, 2.24) is 0 Å². The summed E-state index contributed by atoms with van der Waals surface area (Å²) >= 11 is 0. The summed E-state index contributed by atoms with van der Waals surface area (Å²) in [4.78, 5) is 11.1. The van der Waals surface area contributed by atoms with Gasteiger partial charge in [0, 0.05) is 6.08 Å². The monoisotopic (exact) mass is 226 g/mol. The Kier molecular flexibility index (Phi) is 4.47. The topological polar surface area (TPSA) is 73.9 Å². The fourth-order valence-corrected chi connectivity index (χ4v) is 1.22. The van der Waals surface area contributed by atoms with Crippen molar-refractivity contribution >= 4 is 12.0 Å². The van der Waals surface area contributed by atoms with E-state index >= 15 is 0 Å². The fraction of sp³-hybridized carbons (Fsp3) is 0.154. The molecule has 0 spiro atoms. The number of ether oxygens (including phenoxy) is 1. The number of nitriles is 2. The van der Waals surface area contributed by atoms with E-state index in [1.807, 2.05) is 12.1 Å². The Hall–Kier alpha value is -2.59. The molecular formula is C13H10N2O2. The van der Waals surface area contributed by atoms with Gasteiger partial charge in [-0.05, 0) is 30.7 Å². The highest BCUT2D eigenvalue weighted by atomic mass is 16.5. The Morgan fingerprint density at radius 1 is 1.41 bits per heavy atom. The lowest BCUT2D eigenvalue weighted by Crippen LogP contribution is -1.98. The van der Waals surface area contributed by atoms with E-state index in [1.54, 1.807) is 19.1 Å². The Labute approximate surface area is 99.4 Å². The summed E-state index contributed by atoms with van der Waals surface area (Å²) in [7, 11) is 0. The number of benzene rings is 1. The molecular weight excluding hydrogens is 216 g/mol. The predicted octanol–water partition coefficient (Wildman–Crippen LogP) is 2.01. The Morgan fingerprint density at radius 3 is 2.76 bits per heavy atom. The number of carbonyl (C=O) groups excluding carboxylic acids is 1. The molecule has 4 nitrogen and oxygen atoms in total. The average Bonchev–Trinajstić information content (AvgIpc) is 2.36. The Morgan fingerprint density at radius 2 is 2.18 bits per heavy atom. The molecule has 84 valence electrons. The van der Waals surface area contributed by atoms with E-state index in [1.165, 1.54) is 18.2 Å². The number of rotatable bonds is 3. The van der Waals surface area contributed by atoms with Crippen LogP contribution in [0.2, 0.25) is 0 Å². The normalized spacial score (nSPS) is 9.59. The zero-order valence-corrected chi connectivity index (χ0v) is 9.30. The number of esters is 1. The van der Waals surface area contributed by atoms with Crippen molar-refractivity contribution in [2.75, 3.05) is 6.61 Å². The van der Waals surface area contributed by atoms with Crippen LogP contribution in [0.15, 0.2) is 24.3 Å². The second-order valence-electron chi connectivity index (χ2n) is 3.11. The van der Waals surface area contributed by atoms with Crippen LogP contribution in [0.3, 0.4) is 0 Å². The molecule has 0 saturated carbocycles. The molecule has 0 aliphatic rings. The zero-order valence-electron chi connectivity index (χ0n) is 9.30. The SMILES string of the molecule is CCOC(=O)C=Cc1ccc(C#N)cc1C#N. The lowest BCUT2D eigenvalue weighted by Gasteiger charge is -1.98. The lowest BCUT2D eigenvalue weighted by molar-refractivity contribution is -0.137. The molecule has 0 N–H and O–H groups in total. The quantitative estimate of drug-likeness (QED) is 0.583. The summed E-state index contributed by atoms with van der Waals surface area (Å²) in [6, 6.07) is 8.60. The number of carbonyl (C=O) groups is 1. The lowest BCUT2D eigenvalue weighted by atomic mass is 10.0. The van der Waals surface area contributed by atoms with Gasteiger partial charge in [0.05, 0.1) is 29.9 Å². The summed E-state index contributed by atoms with van der Waals surface area (Å²) in [5, 5.41) is 17.6. The van der Waals surface area contributed by atoms with Crippen LogP contribution in [0.1, 0.15) is 23.6 Å². The van der Waals surface area contributed by atoms with Crippen molar-refractivity contribution in [3.05, 3.63) is 41.0 Å². The van der Waals surface area contributed by atoms with Crippen LogP contribution in [-0.2, 0) is 9.53 Å². The molecule has 4 heteroatoms. The van der Waals surface area contributed by atoms with Gasteiger partial charge in [-0.15, -0.1) is 0 Å². The minimum Gasteiger partial charge on any atom is -0.463 e. The van der Waals surface area contributed by atoms with Crippen molar-refractivity contribution < 1.29 is 9.53 Å². The summed E-state index contributed by atoms with van der Waals surface area (Å²) < 4.78 is 4.72. The molecule has 0 saturated heterocycles. The summed E-state index contributed by atoms with van der Waals surface area (Å²) in [5.41, 5.74) is 1.35. The van der Waals surface area contributed by atoms with Gasteiger partial charge >= 0.3 is 5.97 Å². The third kappa shape index (κ3) is 3.48. The van der Waals surface area contributed by atoms with Crippen molar-refractivity contribution in [3.63, 3.8) is 0 Å². The first-order valence-electron chi connectivity index (χ1n) is 5.00. The van der Waals surface area contributed by atoms with Crippen LogP contribution in [0.4, 0.5) is 0 Å². The highest BCUT2D eigenvalue weighted by Crippen LogP contribution is 2.12. The van der Waals surface area contributed by atoms with Gasteiger partial charge in [0.25, 0.3) is 0 Å². The first-order valence-corrected chi connectivity index (χ1v) is 5.00. The van der Waals surface area contributed by atoms with Gasteiger partial charge < -0.3 is 4.74 Å². The summed E-state index contributed by atoms with van der Waals surface area (Å²) in [6.07, 6.45) is 2.75. The van der Waals surface area contributed by atoms with Crippen LogP contribution in [0.5, 0.6) is 0 Å². The first-order chi connectivity index (χ1) is 8.21. The maximum Gasteiger partial charge on any atom is 0.330 e. The largest absolute Gasteiger partial charge is 0.463 e. The van der Waals surface area contributed by atoms with E-state index in [0.29, 0.717) is 23.3 Å². The summed E-state index contributed by atoms with van der Waals surface area (Å²) in [6.45, 7) is 2.02. The highest BCUT2D eigenvalue weighted by Gasteiger charge is 2.01. The summed E-state index contributed by atoms with van der Waals surface area (Å²) in [5.74, 6) is -0.458. The van der Waals surface area contributed by atoms with Crippen molar-refractivity contribution in [2.24, 2.45) is 0 Å². The Balaban J connectivity index is 2.97. The first kappa shape index (κ1) is 12.5. The molecule has 0 amide bonds. The van der Waals surface area contributed by atoms with Crippen LogP contribution in [-0.4, -0.2) is 12.6 Å². The van der Waals surface area contributed by atoms with Gasteiger partial charge in [0.1, 0.15) is 0 Å². The van der Waals surface area contributed by atoms with Crippen LogP contribution < -0.4 is 0 Å². The molecule has 17 heavy (non-hydrogen) atoms. The maximum atomic E-state index is 11.1. The van der Waals surface area contributed by atoms with Gasteiger partial charge in [-0.25, -0.2) is 4.79 Å². The van der Waals surface area contributed by atoms with Gasteiger partial charge in [-0.1, -0.05) is 6.07 Å². The van der Waals surface area contributed by atoms with Crippen LogP contribution in [0, 0.1) is 22.7 Å². The molecule has 0 unspecified atom stereocenters. The van der Waals surface area contributed by atoms with Gasteiger partial charge in [-0.3, -0.25) is 0 Å². The van der Waals surface area contributed by atoms with Crippen LogP contribution >= 0.6 is 0 Å². The standard InChI is InChI=1S/C13H10N2O2/c1-2-17-13(16)6-5-11-4-3-10(8-14)7-12(11)9-15/h3-7H,2H2,1H3. The molecule has 0 bridgehead atoms. The van der Waals surface area contributed by atoms with E-state index < -0.39 is 5.97 Å². The van der Waals surface area contributed by atoms with E-state index in [9.17, 15) is 4.79 Å². The van der Waals surface area contributed by atoms with E-state index in [-0.39, 0.29) is 0 Å². The molecule has 0 radical (unpaired) electrons. The average molecular weight is 226 g/mol. The maximum absolute atomic E-state index is 11.1. The molecule has 1 aromatic rings. The van der Waals surface area contributed by atoms with E-state index in [4.69, 9.17) is 15.3 Å². The molecule has 0 aliphatic carbocycles. The minimum absolute atomic E-state index is 0.307. The van der Waals surface area contributed by atoms with Gasteiger partial charge in [0.2, 0.25) is 0 Å².